The zero-order valence-electron chi connectivity index (χ0n) is 16.8. The fourth-order valence-electron chi connectivity index (χ4n) is 3.74. The molecule has 7 heteroatoms. The Balaban J connectivity index is 1.42. The molecule has 4 rings (SSSR count). The van der Waals surface area contributed by atoms with Crippen LogP contribution in [0.25, 0.3) is 0 Å². The molecule has 150 valence electrons. The highest BCUT2D eigenvalue weighted by Crippen LogP contribution is 2.36. The van der Waals surface area contributed by atoms with Gasteiger partial charge in [-0.2, -0.15) is 5.26 Å². The minimum Gasteiger partial charge on any atom is -0.316 e. The van der Waals surface area contributed by atoms with Gasteiger partial charge in [-0.3, -0.25) is 4.90 Å². The second kappa shape index (κ2) is 9.04. The van der Waals surface area contributed by atoms with E-state index in [2.05, 4.69) is 52.6 Å². The third-order valence-electron chi connectivity index (χ3n) is 5.04. The highest BCUT2D eigenvalue weighted by atomic mass is 32.1. The van der Waals surface area contributed by atoms with E-state index >= 15 is 0 Å². The van der Waals surface area contributed by atoms with Gasteiger partial charge in [0.1, 0.15) is 5.82 Å². The van der Waals surface area contributed by atoms with Gasteiger partial charge < -0.3 is 5.32 Å². The molecule has 1 atom stereocenters. The smallest absolute Gasteiger partial charge is 0.188 e. The predicted molar refractivity (Wildman–Crippen MR) is 120 cm³/mol. The summed E-state index contributed by atoms with van der Waals surface area (Å²) < 4.78 is 0. The van der Waals surface area contributed by atoms with Crippen LogP contribution in [0.15, 0.2) is 35.8 Å². The predicted octanol–water partition coefficient (Wildman–Crippen LogP) is 5.75. The number of nitriles is 1. The van der Waals surface area contributed by atoms with Gasteiger partial charge in [0.2, 0.25) is 0 Å². The monoisotopic (exact) mass is 423 g/mol. The maximum Gasteiger partial charge on any atom is 0.188 e. The van der Waals surface area contributed by atoms with Crippen molar-refractivity contribution in [2.75, 3.05) is 11.9 Å². The van der Waals surface area contributed by atoms with Crippen LogP contribution in [0.2, 0.25) is 0 Å². The average Bonchev–Trinajstić information content (AvgIpc) is 3.43. The Morgan fingerprint density at radius 3 is 3.00 bits per heavy atom. The lowest BCUT2D eigenvalue weighted by molar-refractivity contribution is 0.247. The number of pyridine rings is 1. The van der Waals surface area contributed by atoms with Crippen molar-refractivity contribution in [3.05, 3.63) is 56.9 Å². The van der Waals surface area contributed by atoms with Gasteiger partial charge in [0.25, 0.3) is 0 Å². The minimum absolute atomic E-state index is 0.371. The zero-order chi connectivity index (χ0) is 20.2. The third-order valence-corrected chi connectivity index (χ3v) is 6.90. The van der Waals surface area contributed by atoms with Gasteiger partial charge in [0.15, 0.2) is 5.13 Å². The van der Waals surface area contributed by atoms with Crippen molar-refractivity contribution in [1.29, 1.82) is 5.26 Å². The van der Waals surface area contributed by atoms with Gasteiger partial charge in [0.05, 0.1) is 23.4 Å². The maximum absolute atomic E-state index is 9.05. The highest BCUT2D eigenvalue weighted by Gasteiger charge is 2.28. The zero-order valence-corrected chi connectivity index (χ0v) is 18.4. The number of aromatic nitrogens is 2. The molecular weight excluding hydrogens is 398 g/mol. The molecule has 29 heavy (non-hydrogen) atoms. The molecule has 0 amide bonds. The molecule has 1 N–H and O–H groups in total. The molecule has 1 aliphatic heterocycles. The Kier molecular flexibility index (Phi) is 6.24. The van der Waals surface area contributed by atoms with Crippen LogP contribution < -0.4 is 5.32 Å². The second-order valence-electron chi connectivity index (χ2n) is 7.84. The summed E-state index contributed by atoms with van der Waals surface area (Å²) in [5, 5.41) is 15.3. The summed E-state index contributed by atoms with van der Waals surface area (Å²) in [7, 11) is 0. The first-order valence-corrected chi connectivity index (χ1v) is 11.7. The number of hydrogen-bond acceptors (Lipinski definition) is 7. The van der Waals surface area contributed by atoms with Crippen molar-refractivity contribution in [1.82, 2.24) is 14.9 Å². The molecule has 5 nitrogen and oxygen atoms in total. The number of thiazole rings is 1. The Labute approximate surface area is 180 Å². The van der Waals surface area contributed by atoms with E-state index in [9.17, 15) is 0 Å². The van der Waals surface area contributed by atoms with Crippen LogP contribution in [0, 0.1) is 17.2 Å². The lowest BCUT2D eigenvalue weighted by atomic mass is 10.1. The Morgan fingerprint density at radius 1 is 1.31 bits per heavy atom. The summed E-state index contributed by atoms with van der Waals surface area (Å²) in [6.07, 6.45) is 5.16. The summed E-state index contributed by atoms with van der Waals surface area (Å²) in [5.74, 6) is 1.36. The fraction of sp³-hybridized carbons (Fsp3) is 0.409. The van der Waals surface area contributed by atoms with Crippen LogP contribution >= 0.6 is 22.7 Å². The van der Waals surface area contributed by atoms with Crippen LogP contribution in [0.3, 0.4) is 0 Å². The summed E-state index contributed by atoms with van der Waals surface area (Å²) >= 11 is 3.54. The Morgan fingerprint density at radius 2 is 2.17 bits per heavy atom. The van der Waals surface area contributed by atoms with Crippen molar-refractivity contribution in [2.45, 2.75) is 45.7 Å². The van der Waals surface area contributed by atoms with Crippen LogP contribution in [-0.2, 0) is 13.0 Å². The van der Waals surface area contributed by atoms with Crippen LogP contribution in [-0.4, -0.2) is 21.4 Å². The molecule has 0 aromatic carbocycles. The molecule has 3 aromatic rings. The number of nitrogens with zero attached hydrogens (tertiary/aromatic N) is 4. The van der Waals surface area contributed by atoms with Gasteiger partial charge in [-0.05, 0) is 56.0 Å². The first-order chi connectivity index (χ1) is 14.1. The van der Waals surface area contributed by atoms with Crippen molar-refractivity contribution in [3.63, 3.8) is 0 Å². The number of hydrogen-bond donors (Lipinski definition) is 1. The van der Waals surface area contributed by atoms with Gasteiger partial charge in [-0.25, -0.2) is 9.97 Å². The van der Waals surface area contributed by atoms with Gasteiger partial charge in [0, 0.05) is 27.9 Å². The van der Waals surface area contributed by atoms with Crippen molar-refractivity contribution in [2.24, 2.45) is 5.92 Å². The van der Waals surface area contributed by atoms with E-state index in [0.29, 0.717) is 23.3 Å². The largest absolute Gasteiger partial charge is 0.316 e. The Hall–Kier alpha value is -2.27. The SMILES string of the molecule is CC(C)Cc1ccc(CN2CCC[C@@H]2c2csc(Nc3cc(C#N)ccn3)n2)s1. The van der Waals surface area contributed by atoms with E-state index < -0.39 is 0 Å². The molecule has 1 saturated heterocycles. The molecule has 0 saturated carbocycles. The number of rotatable bonds is 7. The molecule has 0 unspecified atom stereocenters. The van der Waals surface area contributed by atoms with E-state index in [1.165, 1.54) is 16.2 Å². The summed E-state index contributed by atoms with van der Waals surface area (Å²) in [4.78, 5) is 14.6. The molecule has 0 radical (unpaired) electrons. The van der Waals surface area contributed by atoms with Crippen molar-refractivity contribution in [3.8, 4) is 6.07 Å². The van der Waals surface area contributed by atoms with Gasteiger partial charge in [-0.1, -0.05) is 13.8 Å². The van der Waals surface area contributed by atoms with Gasteiger partial charge >= 0.3 is 0 Å². The van der Waals surface area contributed by atoms with Crippen LogP contribution in [0.1, 0.15) is 53.7 Å². The topological polar surface area (TPSA) is 64.8 Å². The normalized spacial score (nSPS) is 17.0. The van der Waals surface area contributed by atoms with Crippen molar-refractivity contribution < 1.29 is 0 Å². The van der Waals surface area contributed by atoms with E-state index in [1.54, 1.807) is 29.7 Å². The lowest BCUT2D eigenvalue weighted by Gasteiger charge is -2.22. The number of likely N-dealkylation sites (tertiary alicyclic amines) is 1. The first-order valence-electron chi connectivity index (χ1n) is 10.0. The fourth-order valence-corrected chi connectivity index (χ4v) is 5.76. The highest BCUT2D eigenvalue weighted by molar-refractivity contribution is 7.13. The van der Waals surface area contributed by atoms with E-state index in [-0.39, 0.29) is 0 Å². The Bertz CT molecular complexity index is 1000. The number of nitrogens with one attached hydrogen (secondary N) is 1. The van der Waals surface area contributed by atoms with E-state index in [0.717, 1.165) is 36.8 Å². The summed E-state index contributed by atoms with van der Waals surface area (Å²) in [6.45, 7) is 6.67. The van der Waals surface area contributed by atoms with Crippen LogP contribution in [0.5, 0.6) is 0 Å². The molecule has 1 aliphatic rings. The number of thiophene rings is 1. The van der Waals surface area contributed by atoms with Gasteiger partial charge in [-0.15, -0.1) is 22.7 Å². The minimum atomic E-state index is 0.371. The molecule has 4 heterocycles. The third kappa shape index (κ3) is 5.02. The quantitative estimate of drug-likeness (QED) is 0.524. The number of anilines is 2. The average molecular weight is 424 g/mol. The molecule has 1 fully saturated rings. The molecule has 0 spiro atoms. The molecule has 0 bridgehead atoms. The molecule has 0 aliphatic carbocycles. The first kappa shape index (κ1) is 20.0. The maximum atomic E-state index is 9.05. The molecule has 3 aromatic heterocycles. The summed E-state index contributed by atoms with van der Waals surface area (Å²) in [6, 6.07) is 10.5. The standard InChI is InChI=1S/C22H25N5S2/c1-15(2)10-17-5-6-18(29-17)13-27-9-3-4-20(27)19-14-28-22(25-19)26-21-11-16(12-23)7-8-24-21/h5-8,11,14-15,20H,3-4,9-10,13H2,1-2H3,(H,24,25,26)/t20-/m1/s1. The van der Waals surface area contributed by atoms with E-state index in [4.69, 9.17) is 10.2 Å². The second-order valence-corrected chi connectivity index (χ2v) is 9.95. The van der Waals surface area contributed by atoms with E-state index in [1.807, 2.05) is 11.3 Å². The van der Waals surface area contributed by atoms with Crippen LogP contribution in [0.4, 0.5) is 10.9 Å². The lowest BCUT2D eigenvalue weighted by Crippen LogP contribution is -2.22. The summed E-state index contributed by atoms with van der Waals surface area (Å²) in [5.41, 5.74) is 1.72. The van der Waals surface area contributed by atoms with Crippen molar-refractivity contribution >= 4 is 33.6 Å². The molecular formula is C22H25N5S2.